The first kappa shape index (κ1) is 26.4. The van der Waals surface area contributed by atoms with E-state index in [0.717, 1.165) is 42.9 Å². The van der Waals surface area contributed by atoms with Gasteiger partial charge in [-0.25, -0.2) is 9.78 Å². The number of nitrogens with zero attached hydrogens (tertiary/aromatic N) is 5. The third-order valence-electron chi connectivity index (χ3n) is 7.61. The van der Waals surface area contributed by atoms with Crippen LogP contribution in [0.2, 0.25) is 0 Å². The molecule has 12 nitrogen and oxygen atoms in total. The molecular formula is C27H35N9O3. The predicted octanol–water partition coefficient (Wildman–Crippen LogP) is 1.64. The molecule has 2 aliphatic heterocycles. The van der Waals surface area contributed by atoms with Crippen LogP contribution in [0.25, 0.3) is 10.9 Å². The second-order valence-electron chi connectivity index (χ2n) is 10.5. The van der Waals surface area contributed by atoms with Gasteiger partial charge >= 0.3 is 6.09 Å². The third-order valence-corrected chi connectivity index (χ3v) is 7.61. The normalized spacial score (nSPS) is 22.1. The molecule has 0 radical (unpaired) electrons. The molecule has 2 amide bonds. The molecule has 5 rings (SSSR count). The lowest BCUT2D eigenvalue weighted by Crippen LogP contribution is -2.61. The van der Waals surface area contributed by atoms with Crippen molar-refractivity contribution in [1.82, 2.24) is 20.2 Å². The van der Waals surface area contributed by atoms with Gasteiger partial charge in [0.05, 0.1) is 34.8 Å². The van der Waals surface area contributed by atoms with Crippen molar-refractivity contribution < 1.29 is 14.7 Å². The van der Waals surface area contributed by atoms with Crippen LogP contribution in [0.5, 0.6) is 0 Å². The van der Waals surface area contributed by atoms with Gasteiger partial charge in [-0.2, -0.15) is 0 Å². The van der Waals surface area contributed by atoms with Crippen LogP contribution in [0.4, 0.5) is 27.5 Å². The number of benzene rings is 1. The quantitative estimate of drug-likeness (QED) is 0.325. The summed E-state index contributed by atoms with van der Waals surface area (Å²) in [6.07, 6.45) is 2.13. The van der Waals surface area contributed by atoms with Crippen LogP contribution in [0, 0.1) is 5.92 Å². The van der Waals surface area contributed by atoms with E-state index >= 15 is 0 Å². The number of nitrogen functional groups attached to an aromatic ring is 1. The van der Waals surface area contributed by atoms with Crippen molar-refractivity contribution in [2.75, 3.05) is 67.2 Å². The zero-order valence-corrected chi connectivity index (χ0v) is 22.2. The van der Waals surface area contributed by atoms with E-state index in [1.165, 1.54) is 0 Å². The number of piperazine rings is 1. The van der Waals surface area contributed by atoms with Crippen LogP contribution in [-0.2, 0) is 0 Å². The lowest BCUT2D eigenvalue weighted by Gasteiger charge is -2.42. The van der Waals surface area contributed by atoms with Crippen LogP contribution in [0.3, 0.4) is 0 Å². The minimum absolute atomic E-state index is 0.0473. The average molecular weight is 534 g/mol. The van der Waals surface area contributed by atoms with Gasteiger partial charge in [0, 0.05) is 62.6 Å². The van der Waals surface area contributed by atoms with Crippen LogP contribution >= 0.6 is 0 Å². The Morgan fingerprint density at radius 1 is 1.08 bits per heavy atom. The van der Waals surface area contributed by atoms with E-state index in [4.69, 9.17) is 16.6 Å². The number of piperidine rings is 1. The highest BCUT2D eigenvalue weighted by Gasteiger charge is 2.34. The number of hydrogen-bond acceptors (Lipinski definition) is 9. The maximum absolute atomic E-state index is 13.4. The van der Waals surface area contributed by atoms with Crippen LogP contribution < -0.4 is 31.9 Å². The van der Waals surface area contributed by atoms with E-state index in [1.807, 2.05) is 24.0 Å². The summed E-state index contributed by atoms with van der Waals surface area (Å²) in [6.45, 7) is 6.75. The fourth-order valence-corrected chi connectivity index (χ4v) is 5.47. The van der Waals surface area contributed by atoms with Gasteiger partial charge in [0.1, 0.15) is 0 Å². The topological polar surface area (TPSA) is 166 Å². The molecule has 3 atom stereocenters. The van der Waals surface area contributed by atoms with E-state index in [9.17, 15) is 9.59 Å². The van der Waals surface area contributed by atoms with Gasteiger partial charge in [0.25, 0.3) is 5.91 Å². The van der Waals surface area contributed by atoms with E-state index in [-0.39, 0.29) is 23.3 Å². The number of aromatic nitrogens is 2. The van der Waals surface area contributed by atoms with Gasteiger partial charge in [-0.1, -0.05) is 13.0 Å². The molecule has 39 heavy (non-hydrogen) atoms. The summed E-state index contributed by atoms with van der Waals surface area (Å²) in [5.41, 5.74) is 16.0. The smallest absolute Gasteiger partial charge is 0.404 e. The number of carbonyl (C=O) groups is 2. The number of fused-ring (bicyclic) bond motifs is 1. The average Bonchev–Trinajstić information content (AvgIpc) is 2.90. The molecule has 0 unspecified atom stereocenters. The standard InChI is InChI=1S/C27H35N9O3/c1-16-14-36(15-20(29)24(16)33-27(38)39)23-5-6-30-13-22(23)32-26(37)25-19(28)11-17-3-4-18(12-21(17)31-25)35-9-7-34(2)8-10-35/h3-6,11-13,16,20,24,33H,7-10,14-15,28-29H2,1-2H3,(H,32,37)(H,38,39)/t16-,20+,24-/m0/s1. The summed E-state index contributed by atoms with van der Waals surface area (Å²) in [7, 11) is 2.12. The van der Waals surface area contributed by atoms with E-state index in [2.05, 4.69) is 43.5 Å². The van der Waals surface area contributed by atoms with Gasteiger partial charge in [-0.3, -0.25) is 9.78 Å². The van der Waals surface area contributed by atoms with Crippen molar-refractivity contribution in [3.8, 4) is 0 Å². The SMILES string of the molecule is C[C@H]1CN(c2ccncc2NC(=O)c2nc3cc(N4CCN(C)CC4)ccc3cc2N)C[C@@H](N)[C@H]1NC(=O)O. The minimum atomic E-state index is -1.09. The molecular weight excluding hydrogens is 498 g/mol. The van der Waals surface area contributed by atoms with Crippen LogP contribution in [0.15, 0.2) is 42.7 Å². The summed E-state index contributed by atoms with van der Waals surface area (Å²) in [6, 6.07) is 8.85. The molecule has 1 aromatic carbocycles. The Kier molecular flexibility index (Phi) is 7.40. The molecule has 0 spiro atoms. The van der Waals surface area contributed by atoms with Gasteiger partial charge in [-0.05, 0) is 37.2 Å². The van der Waals surface area contributed by atoms with Crippen molar-refractivity contribution in [2.24, 2.45) is 11.7 Å². The predicted molar refractivity (Wildman–Crippen MR) is 152 cm³/mol. The molecule has 0 bridgehead atoms. The first-order valence-corrected chi connectivity index (χ1v) is 13.1. The molecule has 2 aliphatic rings. The van der Waals surface area contributed by atoms with Crippen molar-refractivity contribution >= 4 is 45.7 Å². The molecule has 0 aliphatic carbocycles. The zero-order chi connectivity index (χ0) is 27.7. The lowest BCUT2D eigenvalue weighted by molar-refractivity contribution is 0.102. The first-order valence-electron chi connectivity index (χ1n) is 13.1. The minimum Gasteiger partial charge on any atom is -0.465 e. The number of hydrogen-bond donors (Lipinski definition) is 5. The van der Waals surface area contributed by atoms with Crippen molar-refractivity contribution in [3.05, 3.63) is 48.4 Å². The summed E-state index contributed by atoms with van der Waals surface area (Å²) < 4.78 is 0. The number of carbonyl (C=O) groups excluding carboxylic acids is 1. The van der Waals surface area contributed by atoms with Gasteiger partial charge < -0.3 is 41.9 Å². The highest BCUT2D eigenvalue weighted by Crippen LogP contribution is 2.30. The van der Waals surface area contributed by atoms with E-state index in [1.54, 1.807) is 24.5 Å². The van der Waals surface area contributed by atoms with Crippen LogP contribution in [-0.4, -0.2) is 90.4 Å². The van der Waals surface area contributed by atoms with Gasteiger partial charge in [0.2, 0.25) is 0 Å². The van der Waals surface area contributed by atoms with Gasteiger partial charge in [0.15, 0.2) is 5.69 Å². The number of anilines is 4. The summed E-state index contributed by atoms with van der Waals surface area (Å²) >= 11 is 0. The van der Waals surface area contributed by atoms with E-state index in [0.29, 0.717) is 24.3 Å². The Morgan fingerprint density at radius 3 is 2.56 bits per heavy atom. The van der Waals surface area contributed by atoms with Crippen molar-refractivity contribution in [1.29, 1.82) is 0 Å². The lowest BCUT2D eigenvalue weighted by atomic mass is 9.90. The summed E-state index contributed by atoms with van der Waals surface area (Å²) in [5.74, 6) is -0.484. The maximum Gasteiger partial charge on any atom is 0.404 e. The van der Waals surface area contributed by atoms with Gasteiger partial charge in [-0.15, -0.1) is 0 Å². The zero-order valence-electron chi connectivity index (χ0n) is 22.2. The Morgan fingerprint density at radius 2 is 1.85 bits per heavy atom. The Bertz CT molecular complexity index is 1360. The van der Waals surface area contributed by atoms with Crippen molar-refractivity contribution in [2.45, 2.75) is 19.0 Å². The first-order chi connectivity index (χ1) is 18.7. The van der Waals surface area contributed by atoms with E-state index < -0.39 is 18.0 Å². The summed E-state index contributed by atoms with van der Waals surface area (Å²) in [4.78, 5) is 40.1. The largest absolute Gasteiger partial charge is 0.465 e. The van der Waals surface area contributed by atoms with Crippen LogP contribution in [0.1, 0.15) is 17.4 Å². The number of likely N-dealkylation sites (N-methyl/N-ethyl adjacent to an activating group) is 1. The molecule has 0 saturated carbocycles. The number of pyridine rings is 2. The Labute approximate surface area is 227 Å². The highest BCUT2D eigenvalue weighted by molar-refractivity contribution is 6.09. The fraction of sp³-hybridized carbons (Fsp3) is 0.407. The van der Waals surface area contributed by atoms with Crippen molar-refractivity contribution in [3.63, 3.8) is 0 Å². The number of nitrogens with one attached hydrogen (secondary N) is 2. The molecule has 12 heteroatoms. The summed E-state index contributed by atoms with van der Waals surface area (Å²) in [5, 5.41) is 15.5. The second kappa shape index (κ2) is 10.9. The molecule has 7 N–H and O–H groups in total. The number of amides is 2. The number of carboxylic acid groups (broad SMARTS) is 1. The molecule has 4 heterocycles. The Hall–Kier alpha value is -4.16. The molecule has 3 aromatic rings. The monoisotopic (exact) mass is 533 g/mol. The molecule has 2 fully saturated rings. The molecule has 206 valence electrons. The highest BCUT2D eigenvalue weighted by atomic mass is 16.4. The maximum atomic E-state index is 13.4. The third kappa shape index (κ3) is 5.66. The number of nitrogens with two attached hydrogens (primary N) is 2. The molecule has 2 aromatic heterocycles. The Balaban J connectivity index is 1.37. The molecule has 2 saturated heterocycles. The second-order valence-corrected chi connectivity index (χ2v) is 10.5. The number of rotatable bonds is 5. The fourth-order valence-electron chi connectivity index (χ4n) is 5.47.